The van der Waals surface area contributed by atoms with Gasteiger partial charge in [0.15, 0.2) is 0 Å². The number of rotatable bonds is 5. The van der Waals surface area contributed by atoms with Gasteiger partial charge in [0, 0.05) is 13.1 Å². The van der Waals surface area contributed by atoms with E-state index in [1.165, 1.54) is 0 Å². The number of nitrogens with one attached hydrogen (secondary N) is 1. The lowest BCUT2D eigenvalue weighted by Gasteiger charge is -2.31. The van der Waals surface area contributed by atoms with Gasteiger partial charge in [0.1, 0.15) is 6.04 Å². The first-order chi connectivity index (χ1) is 11.0. The van der Waals surface area contributed by atoms with E-state index in [-0.39, 0.29) is 17.3 Å². The van der Waals surface area contributed by atoms with Crippen LogP contribution in [-0.4, -0.2) is 47.4 Å². The van der Waals surface area contributed by atoms with Crippen molar-refractivity contribution < 1.29 is 15.1 Å². The van der Waals surface area contributed by atoms with E-state index >= 15 is 0 Å². The monoisotopic (exact) mass is 335 g/mol. The van der Waals surface area contributed by atoms with Gasteiger partial charge in [-0.25, -0.2) is 0 Å². The maximum atomic E-state index is 12.8. The van der Waals surface area contributed by atoms with Crippen LogP contribution in [0.5, 0.6) is 0 Å². The van der Waals surface area contributed by atoms with Crippen LogP contribution in [-0.2, 0) is 16.0 Å². The van der Waals surface area contributed by atoms with Gasteiger partial charge in [-0.05, 0) is 30.7 Å². The number of benzene rings is 1. The smallest absolute Gasteiger partial charge is 0.242 e. The second kappa shape index (κ2) is 9.39. The fraction of sp³-hybridized carbons (Fsp3) is 0.556. The van der Waals surface area contributed by atoms with Crippen LogP contribution in [0.1, 0.15) is 32.3 Å². The van der Waals surface area contributed by atoms with Crippen LogP contribution in [0, 0.1) is 5.92 Å². The Morgan fingerprint density at radius 1 is 1.33 bits per heavy atom. The Morgan fingerprint density at radius 2 is 2.00 bits per heavy atom. The summed E-state index contributed by atoms with van der Waals surface area (Å²) in [5.74, 6) is 0.150. The zero-order chi connectivity index (χ0) is 16.8. The summed E-state index contributed by atoms with van der Waals surface area (Å²) in [7, 11) is 0. The Labute approximate surface area is 143 Å². The molecule has 0 radical (unpaired) electrons. The van der Waals surface area contributed by atoms with Crippen LogP contribution in [0.3, 0.4) is 0 Å². The molecule has 6 heteroatoms. The van der Waals surface area contributed by atoms with Gasteiger partial charge in [0.25, 0.3) is 0 Å². The topological polar surface area (TPSA) is 107 Å². The highest BCUT2D eigenvalue weighted by Gasteiger charge is 2.34. The summed E-state index contributed by atoms with van der Waals surface area (Å²) < 4.78 is 0. The molecule has 1 heterocycles. The summed E-state index contributed by atoms with van der Waals surface area (Å²) in [5, 5.41) is 2.90. The summed E-state index contributed by atoms with van der Waals surface area (Å²) in [6.07, 6.45) is 1.92. The lowest BCUT2D eigenvalue weighted by atomic mass is 9.99. The molecule has 2 rings (SSSR count). The second-order valence-corrected chi connectivity index (χ2v) is 6.62. The van der Waals surface area contributed by atoms with Gasteiger partial charge in [-0.1, -0.05) is 44.2 Å². The maximum Gasteiger partial charge on any atom is 0.242 e. The Morgan fingerprint density at radius 3 is 2.62 bits per heavy atom. The van der Waals surface area contributed by atoms with E-state index in [1.807, 2.05) is 30.3 Å². The van der Waals surface area contributed by atoms with Gasteiger partial charge in [0.2, 0.25) is 11.8 Å². The molecule has 24 heavy (non-hydrogen) atoms. The molecule has 6 nitrogen and oxygen atoms in total. The number of nitrogens with two attached hydrogens (primary N) is 1. The summed E-state index contributed by atoms with van der Waals surface area (Å²) in [6.45, 7) is 5.32. The van der Waals surface area contributed by atoms with Crippen molar-refractivity contribution in [2.75, 3.05) is 13.1 Å². The van der Waals surface area contributed by atoms with Gasteiger partial charge in [-0.3, -0.25) is 9.59 Å². The highest BCUT2D eigenvalue weighted by Crippen LogP contribution is 2.16. The Kier molecular flexibility index (Phi) is 7.88. The fourth-order valence-corrected chi connectivity index (χ4v) is 2.99. The Hall–Kier alpha value is -1.92. The van der Waals surface area contributed by atoms with E-state index in [0.717, 1.165) is 12.0 Å². The Balaban J connectivity index is 0.00000288. The van der Waals surface area contributed by atoms with Crippen LogP contribution in [0.2, 0.25) is 0 Å². The van der Waals surface area contributed by atoms with E-state index < -0.39 is 12.1 Å². The van der Waals surface area contributed by atoms with Crippen molar-refractivity contribution in [3.8, 4) is 0 Å². The summed E-state index contributed by atoms with van der Waals surface area (Å²) >= 11 is 0. The van der Waals surface area contributed by atoms with Crippen molar-refractivity contribution >= 4 is 11.8 Å². The molecule has 1 unspecified atom stereocenters. The van der Waals surface area contributed by atoms with Gasteiger partial charge in [0.05, 0.1) is 6.04 Å². The molecule has 0 aliphatic carbocycles. The van der Waals surface area contributed by atoms with Crippen molar-refractivity contribution in [3.63, 3.8) is 0 Å². The largest absolute Gasteiger partial charge is 0.412 e. The van der Waals surface area contributed by atoms with Gasteiger partial charge in [-0.2, -0.15) is 0 Å². The third-order valence-electron chi connectivity index (χ3n) is 4.15. The second-order valence-electron chi connectivity index (χ2n) is 6.62. The molecular formula is C18H29N3O3. The van der Waals surface area contributed by atoms with Crippen molar-refractivity contribution in [1.29, 1.82) is 0 Å². The zero-order valence-corrected chi connectivity index (χ0v) is 14.5. The maximum absolute atomic E-state index is 12.8. The van der Waals surface area contributed by atoms with Gasteiger partial charge < -0.3 is 21.4 Å². The molecule has 0 bridgehead atoms. The van der Waals surface area contributed by atoms with Crippen molar-refractivity contribution in [2.24, 2.45) is 11.7 Å². The first kappa shape index (κ1) is 20.1. The van der Waals surface area contributed by atoms with Gasteiger partial charge >= 0.3 is 0 Å². The molecule has 1 aromatic carbocycles. The zero-order valence-electron chi connectivity index (χ0n) is 14.5. The third-order valence-corrected chi connectivity index (χ3v) is 4.15. The first-order valence-corrected chi connectivity index (χ1v) is 8.36. The number of carbonyl (C=O) groups excluding carboxylic acids is 2. The standard InChI is InChI=1S/C18H27N3O2.H2O/c1-13(2)11-16-17(22)20-9-6-10-21(16)18(23)15(19)12-14-7-4-3-5-8-14;/h3-5,7-8,13,15-16H,6,9-12,19H2,1-2H3,(H,20,22);1H2/t15-,16?;/m0./s1. The molecule has 1 saturated heterocycles. The molecule has 0 aromatic heterocycles. The molecule has 1 aliphatic rings. The summed E-state index contributed by atoms with van der Waals surface area (Å²) in [5.41, 5.74) is 7.18. The van der Waals surface area contributed by atoms with Crippen molar-refractivity contribution in [1.82, 2.24) is 10.2 Å². The number of hydrogen-bond donors (Lipinski definition) is 2. The van der Waals surface area contributed by atoms with Gasteiger partial charge in [-0.15, -0.1) is 0 Å². The lowest BCUT2D eigenvalue weighted by molar-refractivity contribution is -0.141. The third kappa shape index (κ3) is 5.32. The van der Waals surface area contributed by atoms with E-state index in [9.17, 15) is 9.59 Å². The molecule has 2 amide bonds. The highest BCUT2D eigenvalue weighted by molar-refractivity contribution is 5.90. The van der Waals surface area contributed by atoms with E-state index in [1.54, 1.807) is 4.90 Å². The van der Waals surface area contributed by atoms with Crippen molar-refractivity contribution in [2.45, 2.75) is 45.2 Å². The minimum absolute atomic E-state index is 0. The number of amides is 2. The molecule has 1 aliphatic heterocycles. The normalized spacial score (nSPS) is 19.2. The average Bonchev–Trinajstić information content (AvgIpc) is 2.69. The lowest BCUT2D eigenvalue weighted by Crippen LogP contribution is -2.53. The molecule has 1 aromatic rings. The molecule has 1 fully saturated rings. The first-order valence-electron chi connectivity index (χ1n) is 8.36. The van der Waals surface area contributed by atoms with E-state index in [4.69, 9.17) is 5.73 Å². The SMILES string of the molecule is CC(C)CC1C(=O)NCCCN1C(=O)[C@@H](N)Cc1ccccc1.O. The van der Waals surface area contributed by atoms with E-state index in [0.29, 0.717) is 31.8 Å². The van der Waals surface area contributed by atoms with Crippen LogP contribution in [0.15, 0.2) is 30.3 Å². The highest BCUT2D eigenvalue weighted by atomic mass is 16.2. The predicted octanol–water partition coefficient (Wildman–Crippen LogP) is 0.495. The van der Waals surface area contributed by atoms with Crippen LogP contribution >= 0.6 is 0 Å². The average molecular weight is 335 g/mol. The number of hydrogen-bond acceptors (Lipinski definition) is 3. The van der Waals surface area contributed by atoms with Crippen LogP contribution < -0.4 is 11.1 Å². The summed E-state index contributed by atoms with van der Waals surface area (Å²) in [6, 6.07) is 8.72. The molecule has 2 atom stereocenters. The number of nitrogens with zero attached hydrogens (tertiary/aromatic N) is 1. The number of carbonyl (C=O) groups is 2. The molecule has 5 N–H and O–H groups in total. The quantitative estimate of drug-likeness (QED) is 0.818. The molecule has 134 valence electrons. The van der Waals surface area contributed by atoms with Crippen LogP contribution in [0.4, 0.5) is 0 Å². The Bertz CT molecular complexity index is 534. The van der Waals surface area contributed by atoms with Crippen LogP contribution in [0.25, 0.3) is 0 Å². The minimum Gasteiger partial charge on any atom is -0.412 e. The molecule has 0 saturated carbocycles. The molecule has 0 spiro atoms. The fourth-order valence-electron chi connectivity index (χ4n) is 2.99. The summed E-state index contributed by atoms with van der Waals surface area (Å²) in [4.78, 5) is 26.8. The minimum atomic E-state index is -0.613. The molecular weight excluding hydrogens is 306 g/mol. The predicted molar refractivity (Wildman–Crippen MR) is 94.3 cm³/mol. The van der Waals surface area contributed by atoms with E-state index in [2.05, 4.69) is 19.2 Å². The van der Waals surface area contributed by atoms with Crippen molar-refractivity contribution in [3.05, 3.63) is 35.9 Å².